The fourth-order valence-corrected chi connectivity index (χ4v) is 10.0. The molecule has 0 aliphatic rings. The second kappa shape index (κ2) is 14.1. The largest absolute Gasteiger partial charge is 0.455 e. The van der Waals surface area contributed by atoms with Crippen LogP contribution in [0.1, 0.15) is 0 Å². The van der Waals surface area contributed by atoms with Gasteiger partial charge in [0.1, 0.15) is 11.2 Å². The summed E-state index contributed by atoms with van der Waals surface area (Å²) in [5.41, 5.74) is 13.2. The minimum Gasteiger partial charge on any atom is -0.455 e. The second-order valence-corrected chi connectivity index (χ2v) is 16.5. The minimum absolute atomic E-state index is 0.888. The van der Waals surface area contributed by atoms with E-state index in [-0.39, 0.29) is 0 Å². The number of hydrogen-bond donors (Lipinski definition) is 0. The highest BCUT2D eigenvalue weighted by Gasteiger charge is 2.19. The summed E-state index contributed by atoms with van der Waals surface area (Å²) < 4.78 is 8.99. The molecule has 2 heterocycles. The molecule has 11 aromatic carbocycles. The molecule has 13 aromatic rings. The van der Waals surface area contributed by atoms with Crippen molar-refractivity contribution in [1.82, 2.24) is 4.57 Å². The van der Waals surface area contributed by atoms with E-state index < -0.39 is 0 Å². The first-order valence-electron chi connectivity index (χ1n) is 21.6. The SMILES string of the molecule is c1cc(-c2cccc3oc4c5ccccc5ccc4c23)cc(N(c2ccc(-c3ccc4c(ccc5ccccc54)c3)cc2)c2ccc(-n3c4ccccc4c4ccccc43)cc2)c1. The van der Waals surface area contributed by atoms with Crippen molar-refractivity contribution in [3.63, 3.8) is 0 Å². The monoisotopic (exact) mass is 802 g/mol. The van der Waals surface area contributed by atoms with Crippen LogP contribution in [0.5, 0.6) is 0 Å². The molecule has 0 unspecified atom stereocenters. The van der Waals surface area contributed by atoms with Gasteiger partial charge in [-0.05, 0) is 128 Å². The van der Waals surface area contributed by atoms with Crippen LogP contribution in [0.2, 0.25) is 0 Å². The summed E-state index contributed by atoms with van der Waals surface area (Å²) in [6, 6.07) is 83.5. The predicted molar refractivity (Wildman–Crippen MR) is 266 cm³/mol. The molecule has 0 aliphatic carbocycles. The Kier molecular flexibility index (Phi) is 7.91. The number of aromatic nitrogens is 1. The van der Waals surface area contributed by atoms with Crippen LogP contribution in [0.3, 0.4) is 0 Å². The smallest absolute Gasteiger partial charge is 0.143 e. The molecule has 0 fully saturated rings. The molecule has 2 aromatic heterocycles. The van der Waals surface area contributed by atoms with Crippen molar-refractivity contribution in [2.24, 2.45) is 0 Å². The van der Waals surface area contributed by atoms with E-state index in [9.17, 15) is 0 Å². The van der Waals surface area contributed by atoms with Gasteiger partial charge in [0, 0.05) is 49.7 Å². The molecule has 0 spiro atoms. The van der Waals surface area contributed by atoms with Gasteiger partial charge < -0.3 is 13.9 Å². The van der Waals surface area contributed by atoms with Crippen LogP contribution in [0.25, 0.3) is 104 Å². The Morgan fingerprint density at radius 3 is 1.67 bits per heavy atom. The zero-order chi connectivity index (χ0) is 41.4. The third-order valence-electron chi connectivity index (χ3n) is 13.0. The van der Waals surface area contributed by atoms with Crippen molar-refractivity contribution < 1.29 is 4.42 Å². The van der Waals surface area contributed by atoms with Crippen molar-refractivity contribution in [1.29, 1.82) is 0 Å². The Labute approximate surface area is 363 Å². The van der Waals surface area contributed by atoms with Crippen molar-refractivity contribution in [2.75, 3.05) is 4.90 Å². The first-order valence-corrected chi connectivity index (χ1v) is 21.6. The summed E-state index contributed by atoms with van der Waals surface area (Å²) in [4.78, 5) is 2.37. The van der Waals surface area contributed by atoms with Gasteiger partial charge >= 0.3 is 0 Å². The number of fused-ring (bicyclic) bond motifs is 11. The number of para-hydroxylation sites is 2. The van der Waals surface area contributed by atoms with Crippen molar-refractivity contribution in [3.8, 4) is 27.9 Å². The quantitative estimate of drug-likeness (QED) is 0.156. The van der Waals surface area contributed by atoms with E-state index in [0.29, 0.717) is 0 Å². The molecular weight excluding hydrogens is 765 g/mol. The molecule has 3 nitrogen and oxygen atoms in total. The maximum Gasteiger partial charge on any atom is 0.143 e. The molecule has 0 radical (unpaired) electrons. The van der Waals surface area contributed by atoms with Gasteiger partial charge in [-0.15, -0.1) is 0 Å². The third kappa shape index (κ3) is 5.67. The highest BCUT2D eigenvalue weighted by molar-refractivity contribution is 6.19. The molecule has 3 heteroatoms. The van der Waals surface area contributed by atoms with Gasteiger partial charge in [-0.25, -0.2) is 0 Å². The Bertz CT molecular complexity index is 3860. The fraction of sp³-hybridized carbons (Fsp3) is 0. The Morgan fingerprint density at radius 1 is 0.333 bits per heavy atom. The number of nitrogens with zero attached hydrogens (tertiary/aromatic N) is 2. The lowest BCUT2D eigenvalue weighted by molar-refractivity contribution is 0.673. The van der Waals surface area contributed by atoms with Crippen LogP contribution in [0.4, 0.5) is 17.1 Å². The first-order chi connectivity index (χ1) is 31.2. The van der Waals surface area contributed by atoms with E-state index in [1.807, 2.05) is 0 Å². The molecule has 0 N–H and O–H groups in total. The van der Waals surface area contributed by atoms with Crippen molar-refractivity contribution in [3.05, 3.63) is 231 Å². The fourth-order valence-electron chi connectivity index (χ4n) is 10.0. The predicted octanol–water partition coefficient (Wildman–Crippen LogP) is 16.9. The third-order valence-corrected chi connectivity index (χ3v) is 13.0. The molecule has 13 rings (SSSR count). The Hall–Kier alpha value is -8.40. The molecular formula is C60H38N2O. The lowest BCUT2D eigenvalue weighted by Crippen LogP contribution is -2.10. The highest BCUT2D eigenvalue weighted by Crippen LogP contribution is 2.43. The minimum atomic E-state index is 0.888. The summed E-state index contributed by atoms with van der Waals surface area (Å²) in [6.07, 6.45) is 0. The summed E-state index contributed by atoms with van der Waals surface area (Å²) >= 11 is 0. The van der Waals surface area contributed by atoms with Crippen LogP contribution in [0.15, 0.2) is 235 Å². The summed E-state index contributed by atoms with van der Waals surface area (Å²) in [7, 11) is 0. The second-order valence-electron chi connectivity index (χ2n) is 16.5. The Balaban J connectivity index is 0.944. The summed E-state index contributed by atoms with van der Waals surface area (Å²) in [6.45, 7) is 0. The van der Waals surface area contributed by atoms with E-state index in [1.54, 1.807) is 0 Å². The average Bonchev–Trinajstić information content (AvgIpc) is 3.91. The number of benzene rings is 11. The normalized spacial score (nSPS) is 11.8. The number of rotatable bonds is 6. The molecule has 63 heavy (non-hydrogen) atoms. The van der Waals surface area contributed by atoms with Crippen LogP contribution >= 0.6 is 0 Å². The van der Waals surface area contributed by atoms with Gasteiger partial charge in [-0.1, -0.05) is 152 Å². The molecule has 294 valence electrons. The average molecular weight is 803 g/mol. The molecule has 0 saturated heterocycles. The Morgan fingerprint density at radius 2 is 0.905 bits per heavy atom. The molecule has 0 saturated carbocycles. The maximum atomic E-state index is 6.62. The standard InChI is InChI=1S/C60H38N2O/c1-3-15-49-40(11-1)23-24-44-37-42(28-35-50(44)49)39-25-29-45(30-26-39)61(46-31-33-47(34-32-46)62-56-20-7-5-17-53(56)54-18-6-8-21-57(54)62)48-14-9-13-43(38-48)51-19-10-22-58-59(51)55-36-27-41-12-2-4-16-52(41)60(55)63-58/h1-38H. The van der Waals surface area contributed by atoms with E-state index >= 15 is 0 Å². The summed E-state index contributed by atoms with van der Waals surface area (Å²) in [5.74, 6) is 0. The van der Waals surface area contributed by atoms with Crippen LogP contribution in [-0.4, -0.2) is 4.57 Å². The first kappa shape index (κ1) is 35.4. The van der Waals surface area contributed by atoms with Gasteiger partial charge in [0.2, 0.25) is 0 Å². The zero-order valence-corrected chi connectivity index (χ0v) is 34.2. The van der Waals surface area contributed by atoms with E-state index in [1.165, 1.54) is 59.9 Å². The lowest BCUT2D eigenvalue weighted by atomic mass is 9.97. The molecule has 0 aliphatic heterocycles. The lowest BCUT2D eigenvalue weighted by Gasteiger charge is -2.26. The number of furan rings is 1. The van der Waals surface area contributed by atoms with Crippen molar-refractivity contribution in [2.45, 2.75) is 0 Å². The topological polar surface area (TPSA) is 21.3 Å². The van der Waals surface area contributed by atoms with Crippen LogP contribution in [0, 0.1) is 0 Å². The zero-order valence-electron chi connectivity index (χ0n) is 34.2. The number of anilines is 3. The van der Waals surface area contributed by atoms with Crippen LogP contribution < -0.4 is 4.90 Å². The molecule has 0 amide bonds. The van der Waals surface area contributed by atoms with E-state index in [4.69, 9.17) is 4.42 Å². The maximum absolute atomic E-state index is 6.62. The van der Waals surface area contributed by atoms with Gasteiger partial charge in [0.25, 0.3) is 0 Å². The summed E-state index contributed by atoms with van der Waals surface area (Å²) in [5, 5.41) is 12.1. The van der Waals surface area contributed by atoms with Crippen molar-refractivity contribution >= 4 is 93.1 Å². The number of hydrogen-bond acceptors (Lipinski definition) is 2. The van der Waals surface area contributed by atoms with Gasteiger partial charge in [-0.2, -0.15) is 0 Å². The van der Waals surface area contributed by atoms with Crippen LogP contribution in [-0.2, 0) is 0 Å². The molecule has 0 bridgehead atoms. The van der Waals surface area contributed by atoms with Gasteiger partial charge in [0.15, 0.2) is 0 Å². The highest BCUT2D eigenvalue weighted by atomic mass is 16.3. The van der Waals surface area contributed by atoms with Gasteiger partial charge in [-0.3, -0.25) is 0 Å². The molecule has 0 atom stereocenters. The van der Waals surface area contributed by atoms with Gasteiger partial charge in [0.05, 0.1) is 11.0 Å². The van der Waals surface area contributed by atoms with E-state index in [0.717, 1.165) is 61.2 Å². The van der Waals surface area contributed by atoms with E-state index in [2.05, 4.69) is 240 Å².